The molecule has 0 radical (unpaired) electrons. The molecule has 0 bridgehead atoms. The van der Waals surface area contributed by atoms with E-state index in [1.165, 1.54) is 7.11 Å². The normalized spacial score (nSPS) is 13.6. The SMILES string of the molecule is CC(O)=C1C=CC=C1.COc1cc(C=CC(O)=C2C=CC=C2)ccc1O.[Fe]. The average Bonchev–Trinajstić information content (AvgIpc) is 3.34. The Morgan fingerprint density at radius 3 is 1.96 bits per heavy atom. The van der Waals surface area contributed by atoms with E-state index in [-0.39, 0.29) is 28.6 Å². The minimum absolute atomic E-state index is 0. The van der Waals surface area contributed by atoms with Crippen LogP contribution in [0.5, 0.6) is 11.5 Å². The first-order chi connectivity index (χ1) is 12.5. The molecule has 142 valence electrons. The average molecular weight is 406 g/mol. The van der Waals surface area contributed by atoms with E-state index < -0.39 is 0 Å². The molecule has 0 aliphatic heterocycles. The van der Waals surface area contributed by atoms with Crippen molar-refractivity contribution in [3.8, 4) is 11.5 Å². The van der Waals surface area contributed by atoms with Gasteiger partial charge in [0.25, 0.3) is 0 Å². The largest absolute Gasteiger partial charge is 0.512 e. The summed E-state index contributed by atoms with van der Waals surface area (Å²) in [6.07, 6.45) is 18.3. The second-order valence-corrected chi connectivity index (χ2v) is 5.58. The van der Waals surface area contributed by atoms with Crippen molar-refractivity contribution in [3.05, 3.63) is 101 Å². The van der Waals surface area contributed by atoms with Crippen molar-refractivity contribution in [2.45, 2.75) is 6.92 Å². The number of aromatic hydroxyl groups is 1. The number of aliphatic hydroxyl groups is 2. The molecule has 0 amide bonds. The summed E-state index contributed by atoms with van der Waals surface area (Å²) in [5, 5.41) is 28.1. The summed E-state index contributed by atoms with van der Waals surface area (Å²) in [4.78, 5) is 0. The predicted molar refractivity (Wildman–Crippen MR) is 105 cm³/mol. The Morgan fingerprint density at radius 2 is 1.48 bits per heavy atom. The van der Waals surface area contributed by atoms with E-state index in [1.807, 2.05) is 48.6 Å². The standard InChI is InChI=1S/C15H14O3.C7H8O.Fe/c1-18-15-10-11(7-9-14(15)17)6-8-13(16)12-4-2-3-5-12;1-6(8)7-4-2-3-5-7;/h2-10,16-17H,1H3;2-5,8H,1H3;. The van der Waals surface area contributed by atoms with Gasteiger partial charge in [0.05, 0.1) is 12.9 Å². The predicted octanol–water partition coefficient (Wildman–Crippen LogP) is 5.29. The summed E-state index contributed by atoms with van der Waals surface area (Å²) >= 11 is 0. The summed E-state index contributed by atoms with van der Waals surface area (Å²) in [6, 6.07) is 4.99. The monoisotopic (exact) mass is 406 g/mol. The molecule has 5 heteroatoms. The minimum Gasteiger partial charge on any atom is -0.512 e. The molecule has 0 fully saturated rings. The van der Waals surface area contributed by atoms with E-state index in [2.05, 4.69) is 0 Å². The third-order valence-electron chi connectivity index (χ3n) is 3.68. The van der Waals surface area contributed by atoms with Gasteiger partial charge < -0.3 is 20.1 Å². The number of methoxy groups -OCH3 is 1. The second kappa shape index (κ2) is 11.0. The van der Waals surface area contributed by atoms with Gasteiger partial charge in [0.15, 0.2) is 11.5 Å². The molecule has 4 nitrogen and oxygen atoms in total. The molecule has 0 saturated heterocycles. The third kappa shape index (κ3) is 6.74. The first-order valence-electron chi connectivity index (χ1n) is 8.09. The fourth-order valence-electron chi connectivity index (χ4n) is 2.23. The van der Waals surface area contributed by atoms with Crippen molar-refractivity contribution in [1.29, 1.82) is 0 Å². The Bertz CT molecular complexity index is 836. The van der Waals surface area contributed by atoms with Gasteiger partial charge in [-0.1, -0.05) is 60.8 Å². The smallest absolute Gasteiger partial charge is 0.161 e. The molecule has 3 rings (SSSR count). The Hall–Kier alpha value is -2.88. The molecule has 0 heterocycles. The van der Waals surface area contributed by atoms with Crippen LogP contribution in [-0.4, -0.2) is 22.4 Å². The number of phenolic OH excluding ortho intramolecular Hbond substituents is 1. The summed E-state index contributed by atoms with van der Waals surface area (Å²) in [5.41, 5.74) is 2.52. The Kier molecular flexibility index (Phi) is 9.00. The maximum absolute atomic E-state index is 9.80. The molecule has 0 aromatic heterocycles. The van der Waals surface area contributed by atoms with Crippen LogP contribution in [0.1, 0.15) is 12.5 Å². The number of allylic oxidation sites excluding steroid dienone is 12. The van der Waals surface area contributed by atoms with Gasteiger partial charge in [-0.25, -0.2) is 0 Å². The number of rotatable bonds is 3. The van der Waals surface area contributed by atoms with Crippen molar-refractivity contribution < 1.29 is 37.1 Å². The fourth-order valence-corrected chi connectivity index (χ4v) is 2.23. The number of ether oxygens (including phenoxy) is 1. The van der Waals surface area contributed by atoms with Crippen molar-refractivity contribution in [1.82, 2.24) is 0 Å². The van der Waals surface area contributed by atoms with Gasteiger partial charge in [-0.3, -0.25) is 0 Å². The van der Waals surface area contributed by atoms with Crippen molar-refractivity contribution in [2.24, 2.45) is 0 Å². The number of aliphatic hydroxyl groups excluding tert-OH is 2. The van der Waals surface area contributed by atoms with Crippen LogP contribution in [0.25, 0.3) is 6.08 Å². The molecule has 0 spiro atoms. The number of hydrogen-bond acceptors (Lipinski definition) is 4. The number of phenols is 1. The van der Waals surface area contributed by atoms with Crippen molar-refractivity contribution in [3.63, 3.8) is 0 Å². The zero-order valence-electron chi connectivity index (χ0n) is 15.1. The second-order valence-electron chi connectivity index (χ2n) is 5.58. The van der Waals surface area contributed by atoms with Gasteiger partial charge >= 0.3 is 0 Å². The zero-order chi connectivity index (χ0) is 18.9. The molecule has 2 aliphatic rings. The summed E-state index contributed by atoms with van der Waals surface area (Å²) in [6.45, 7) is 1.68. The van der Waals surface area contributed by atoms with E-state index in [0.717, 1.165) is 16.7 Å². The Labute approximate surface area is 170 Å². The first-order valence-corrected chi connectivity index (χ1v) is 8.09. The van der Waals surface area contributed by atoms with Crippen LogP contribution in [0.3, 0.4) is 0 Å². The third-order valence-corrected chi connectivity index (χ3v) is 3.68. The van der Waals surface area contributed by atoms with E-state index in [1.54, 1.807) is 37.3 Å². The summed E-state index contributed by atoms with van der Waals surface area (Å²) in [5.74, 6) is 1.09. The maximum Gasteiger partial charge on any atom is 0.161 e. The molecule has 2 aliphatic carbocycles. The summed E-state index contributed by atoms with van der Waals surface area (Å²) in [7, 11) is 1.50. The van der Waals surface area contributed by atoms with Gasteiger partial charge in [0, 0.05) is 28.2 Å². The van der Waals surface area contributed by atoms with E-state index >= 15 is 0 Å². The van der Waals surface area contributed by atoms with Crippen LogP contribution in [0.4, 0.5) is 0 Å². The van der Waals surface area contributed by atoms with E-state index in [4.69, 9.17) is 9.84 Å². The molecule has 27 heavy (non-hydrogen) atoms. The molecular formula is C22H22FeO4. The van der Waals surface area contributed by atoms with Crippen LogP contribution in [0, 0.1) is 0 Å². The molecule has 0 unspecified atom stereocenters. The number of hydrogen-bond donors (Lipinski definition) is 3. The number of benzene rings is 1. The van der Waals surface area contributed by atoms with Gasteiger partial charge in [0.1, 0.15) is 5.76 Å². The van der Waals surface area contributed by atoms with Gasteiger partial charge in [-0.05, 0) is 30.7 Å². The summed E-state index contributed by atoms with van der Waals surface area (Å²) < 4.78 is 5.01. The van der Waals surface area contributed by atoms with Crippen LogP contribution in [-0.2, 0) is 17.1 Å². The Balaban J connectivity index is 0.000000342. The van der Waals surface area contributed by atoms with E-state index in [0.29, 0.717) is 11.5 Å². The molecule has 3 N–H and O–H groups in total. The van der Waals surface area contributed by atoms with Crippen LogP contribution in [0.2, 0.25) is 0 Å². The first kappa shape index (κ1) is 22.2. The zero-order valence-corrected chi connectivity index (χ0v) is 16.2. The fraction of sp³-hybridized carbons (Fsp3) is 0.0909. The quantitative estimate of drug-likeness (QED) is 0.471. The van der Waals surface area contributed by atoms with Crippen LogP contribution >= 0.6 is 0 Å². The molecule has 0 atom stereocenters. The van der Waals surface area contributed by atoms with Crippen LogP contribution < -0.4 is 4.74 Å². The van der Waals surface area contributed by atoms with Crippen molar-refractivity contribution in [2.75, 3.05) is 7.11 Å². The van der Waals surface area contributed by atoms with Crippen molar-refractivity contribution >= 4 is 6.08 Å². The van der Waals surface area contributed by atoms with Gasteiger partial charge in [0.2, 0.25) is 0 Å². The Morgan fingerprint density at radius 1 is 0.926 bits per heavy atom. The van der Waals surface area contributed by atoms with E-state index in [9.17, 15) is 10.2 Å². The minimum atomic E-state index is 0. The molecule has 1 aromatic rings. The van der Waals surface area contributed by atoms with Gasteiger partial charge in [-0.2, -0.15) is 0 Å². The molecule has 1 aromatic carbocycles. The molecule has 0 saturated carbocycles. The molecular weight excluding hydrogens is 384 g/mol. The van der Waals surface area contributed by atoms with Crippen LogP contribution in [0.15, 0.2) is 95.5 Å². The maximum atomic E-state index is 9.80. The topological polar surface area (TPSA) is 69.9 Å². The van der Waals surface area contributed by atoms with Gasteiger partial charge in [-0.15, -0.1) is 0 Å².